The van der Waals surface area contributed by atoms with E-state index in [1.54, 1.807) is 0 Å². The van der Waals surface area contributed by atoms with Gasteiger partial charge in [-0.15, -0.1) is 0 Å². The average molecular weight is 356 g/mol. The van der Waals surface area contributed by atoms with Gasteiger partial charge in [-0.2, -0.15) is 5.10 Å². The summed E-state index contributed by atoms with van der Waals surface area (Å²) >= 11 is 2.23. The SMILES string of the molecule is Nc1nc(-c2ncn[nH]2)nc(C2CCCC2)c1I. The van der Waals surface area contributed by atoms with Crippen molar-refractivity contribution >= 4 is 28.4 Å². The van der Waals surface area contributed by atoms with Gasteiger partial charge in [0, 0.05) is 5.92 Å². The number of nitrogen functional groups attached to an aromatic ring is 1. The van der Waals surface area contributed by atoms with Crippen molar-refractivity contribution in [3.8, 4) is 11.6 Å². The van der Waals surface area contributed by atoms with Crippen molar-refractivity contribution in [3.63, 3.8) is 0 Å². The first kappa shape index (κ1) is 11.8. The molecule has 3 N–H and O–H groups in total. The van der Waals surface area contributed by atoms with E-state index in [1.807, 2.05) is 0 Å². The van der Waals surface area contributed by atoms with Gasteiger partial charge in [0.2, 0.25) is 0 Å². The Balaban J connectivity index is 2.07. The van der Waals surface area contributed by atoms with Gasteiger partial charge in [0.05, 0.1) is 9.26 Å². The highest BCUT2D eigenvalue weighted by atomic mass is 127. The van der Waals surface area contributed by atoms with Crippen LogP contribution in [0.2, 0.25) is 0 Å². The summed E-state index contributed by atoms with van der Waals surface area (Å²) in [5.41, 5.74) is 7.04. The fraction of sp³-hybridized carbons (Fsp3) is 0.455. The Labute approximate surface area is 118 Å². The van der Waals surface area contributed by atoms with Crippen LogP contribution >= 0.6 is 22.6 Å². The molecule has 18 heavy (non-hydrogen) atoms. The molecule has 0 aromatic carbocycles. The summed E-state index contributed by atoms with van der Waals surface area (Å²) in [5.74, 6) is 2.13. The van der Waals surface area contributed by atoms with Gasteiger partial charge in [-0.25, -0.2) is 15.0 Å². The molecule has 2 aromatic heterocycles. The Bertz CT molecular complexity index is 547. The molecule has 1 aliphatic rings. The molecule has 1 fully saturated rings. The number of anilines is 1. The average Bonchev–Trinajstić information content (AvgIpc) is 3.03. The Morgan fingerprint density at radius 2 is 2.06 bits per heavy atom. The van der Waals surface area contributed by atoms with E-state index in [-0.39, 0.29) is 0 Å². The number of hydrogen-bond donors (Lipinski definition) is 2. The first-order valence-corrected chi connectivity index (χ1v) is 7.02. The van der Waals surface area contributed by atoms with Crippen LogP contribution in [0.3, 0.4) is 0 Å². The summed E-state index contributed by atoms with van der Waals surface area (Å²) in [4.78, 5) is 13.0. The smallest absolute Gasteiger partial charge is 0.199 e. The molecule has 2 aromatic rings. The molecular weight excluding hydrogens is 343 g/mol. The van der Waals surface area contributed by atoms with Crippen LogP contribution in [0.25, 0.3) is 11.6 Å². The second kappa shape index (κ2) is 4.79. The quantitative estimate of drug-likeness (QED) is 0.804. The van der Waals surface area contributed by atoms with Crippen molar-refractivity contribution in [2.75, 3.05) is 5.73 Å². The van der Waals surface area contributed by atoms with Crippen LogP contribution in [0.4, 0.5) is 5.82 Å². The standard InChI is InChI=1S/C11H13IN6/c12-7-8(6-3-1-2-4-6)16-11(17-9(7)13)10-14-5-15-18-10/h5-6H,1-4H2,(H2,13,16,17)(H,14,15,18). The fourth-order valence-corrected chi connectivity index (χ4v) is 3.05. The molecule has 0 saturated heterocycles. The molecule has 0 spiro atoms. The largest absolute Gasteiger partial charge is 0.383 e. The van der Waals surface area contributed by atoms with Crippen LogP contribution in [-0.4, -0.2) is 25.1 Å². The van der Waals surface area contributed by atoms with Crippen LogP contribution in [0.1, 0.15) is 37.3 Å². The Morgan fingerprint density at radius 1 is 1.28 bits per heavy atom. The molecule has 1 saturated carbocycles. The minimum atomic E-state index is 0.504. The molecular formula is C11H13IN6. The summed E-state index contributed by atoms with van der Waals surface area (Å²) in [6.07, 6.45) is 6.34. The van der Waals surface area contributed by atoms with E-state index in [0.29, 0.717) is 23.4 Å². The van der Waals surface area contributed by atoms with Gasteiger partial charge in [-0.1, -0.05) is 12.8 Å². The maximum Gasteiger partial charge on any atom is 0.199 e. The van der Waals surface area contributed by atoms with Crippen molar-refractivity contribution < 1.29 is 0 Å². The van der Waals surface area contributed by atoms with Crippen LogP contribution in [0, 0.1) is 3.57 Å². The van der Waals surface area contributed by atoms with Crippen LogP contribution in [-0.2, 0) is 0 Å². The number of aromatic nitrogens is 5. The third-order valence-corrected chi connectivity index (χ3v) is 4.38. The summed E-state index contributed by atoms with van der Waals surface area (Å²) in [5, 5.41) is 6.59. The molecule has 7 heteroatoms. The molecule has 0 bridgehead atoms. The van der Waals surface area contributed by atoms with Gasteiger partial charge < -0.3 is 5.73 Å². The Hall–Kier alpha value is -1.25. The lowest BCUT2D eigenvalue weighted by Gasteiger charge is -2.13. The van der Waals surface area contributed by atoms with Crippen LogP contribution in [0.15, 0.2) is 6.33 Å². The Morgan fingerprint density at radius 3 is 2.72 bits per heavy atom. The zero-order valence-electron chi connectivity index (χ0n) is 9.73. The van der Waals surface area contributed by atoms with Crippen molar-refractivity contribution in [1.82, 2.24) is 25.1 Å². The summed E-state index contributed by atoms with van der Waals surface area (Å²) in [6.45, 7) is 0. The van der Waals surface area contributed by atoms with Crippen molar-refractivity contribution in [2.45, 2.75) is 31.6 Å². The summed E-state index contributed by atoms with van der Waals surface area (Å²) < 4.78 is 0.975. The minimum absolute atomic E-state index is 0.504. The highest BCUT2D eigenvalue weighted by molar-refractivity contribution is 14.1. The zero-order valence-corrected chi connectivity index (χ0v) is 11.9. The number of halogens is 1. The predicted molar refractivity (Wildman–Crippen MR) is 75.7 cm³/mol. The van der Waals surface area contributed by atoms with E-state index >= 15 is 0 Å². The number of nitrogens with one attached hydrogen (secondary N) is 1. The van der Waals surface area contributed by atoms with Gasteiger partial charge in [-0.05, 0) is 35.4 Å². The molecule has 94 valence electrons. The normalized spacial score (nSPS) is 16.3. The number of H-pyrrole nitrogens is 1. The number of aromatic amines is 1. The van der Waals surface area contributed by atoms with Gasteiger partial charge in [0.15, 0.2) is 11.6 Å². The predicted octanol–water partition coefficient (Wildman–Crippen LogP) is 2.11. The van der Waals surface area contributed by atoms with E-state index in [2.05, 4.69) is 47.7 Å². The minimum Gasteiger partial charge on any atom is -0.383 e. The molecule has 0 atom stereocenters. The molecule has 0 radical (unpaired) electrons. The number of rotatable bonds is 2. The second-order valence-electron chi connectivity index (χ2n) is 4.45. The summed E-state index contributed by atoms with van der Waals surface area (Å²) in [6, 6.07) is 0. The molecule has 6 nitrogen and oxygen atoms in total. The molecule has 0 amide bonds. The highest BCUT2D eigenvalue weighted by Gasteiger charge is 2.23. The van der Waals surface area contributed by atoms with E-state index in [0.717, 1.165) is 9.26 Å². The van der Waals surface area contributed by atoms with Gasteiger partial charge in [0.1, 0.15) is 12.1 Å². The van der Waals surface area contributed by atoms with Gasteiger partial charge in [0.25, 0.3) is 0 Å². The van der Waals surface area contributed by atoms with Crippen LogP contribution < -0.4 is 5.73 Å². The monoisotopic (exact) mass is 356 g/mol. The topological polar surface area (TPSA) is 93.4 Å². The van der Waals surface area contributed by atoms with Gasteiger partial charge in [-0.3, -0.25) is 5.10 Å². The van der Waals surface area contributed by atoms with E-state index in [9.17, 15) is 0 Å². The lowest BCUT2D eigenvalue weighted by molar-refractivity contribution is 0.690. The van der Waals surface area contributed by atoms with Crippen molar-refractivity contribution in [2.24, 2.45) is 0 Å². The molecule has 1 aliphatic carbocycles. The zero-order chi connectivity index (χ0) is 12.5. The summed E-state index contributed by atoms with van der Waals surface area (Å²) in [7, 11) is 0. The number of nitrogens with two attached hydrogens (primary N) is 1. The third kappa shape index (κ3) is 2.06. The molecule has 2 heterocycles. The van der Waals surface area contributed by atoms with Gasteiger partial charge >= 0.3 is 0 Å². The second-order valence-corrected chi connectivity index (χ2v) is 5.53. The fourth-order valence-electron chi connectivity index (χ4n) is 2.37. The number of hydrogen-bond acceptors (Lipinski definition) is 5. The first-order chi connectivity index (χ1) is 8.75. The molecule has 3 rings (SSSR count). The van der Waals surface area contributed by atoms with E-state index < -0.39 is 0 Å². The first-order valence-electron chi connectivity index (χ1n) is 5.94. The van der Waals surface area contributed by atoms with Crippen molar-refractivity contribution in [3.05, 3.63) is 15.6 Å². The maximum atomic E-state index is 5.97. The van der Waals surface area contributed by atoms with E-state index in [1.165, 1.54) is 32.0 Å². The third-order valence-electron chi connectivity index (χ3n) is 3.27. The maximum absolute atomic E-state index is 5.97. The van der Waals surface area contributed by atoms with E-state index in [4.69, 9.17) is 5.73 Å². The van der Waals surface area contributed by atoms with Crippen molar-refractivity contribution in [1.29, 1.82) is 0 Å². The molecule has 0 unspecified atom stereocenters. The number of nitrogens with zero attached hydrogens (tertiary/aromatic N) is 4. The lowest BCUT2D eigenvalue weighted by atomic mass is 10.0. The highest BCUT2D eigenvalue weighted by Crippen LogP contribution is 2.36. The Kier molecular flexibility index (Phi) is 3.14. The molecule has 0 aliphatic heterocycles. The lowest BCUT2D eigenvalue weighted by Crippen LogP contribution is -2.08. The van der Waals surface area contributed by atoms with Crippen LogP contribution in [0.5, 0.6) is 0 Å².